The van der Waals surface area contributed by atoms with Crippen LogP contribution in [0.3, 0.4) is 0 Å². The molecule has 2 rings (SSSR count). The number of thioether (sulfide) groups is 1. The molecule has 128 valence electrons. The van der Waals surface area contributed by atoms with Crippen molar-refractivity contribution in [3.63, 3.8) is 0 Å². The molecule has 5 atom stereocenters. The quantitative estimate of drug-likeness (QED) is 0.470. The Morgan fingerprint density at radius 1 is 1.43 bits per heavy atom. The molecule has 1 fully saturated rings. The molecule has 0 radical (unpaired) electrons. The van der Waals surface area contributed by atoms with Crippen LogP contribution in [0.2, 0.25) is 0 Å². The molecule has 1 aromatic carbocycles. The van der Waals surface area contributed by atoms with E-state index >= 15 is 0 Å². The van der Waals surface area contributed by atoms with Gasteiger partial charge >= 0.3 is 0 Å². The number of benzene rings is 1. The van der Waals surface area contributed by atoms with E-state index < -0.39 is 24.5 Å². The lowest BCUT2D eigenvalue weighted by Crippen LogP contribution is -2.56. The highest BCUT2D eigenvalue weighted by Crippen LogP contribution is 2.35. The number of ether oxygens (including phenoxy) is 1. The predicted molar refractivity (Wildman–Crippen MR) is 85.6 cm³/mol. The number of aliphatic hydroxyl groups excluding tert-OH is 2. The van der Waals surface area contributed by atoms with Crippen LogP contribution in [0.1, 0.15) is 13.3 Å². The second-order valence-corrected chi connectivity index (χ2v) is 6.49. The van der Waals surface area contributed by atoms with Crippen molar-refractivity contribution in [1.29, 1.82) is 0 Å². The SMILES string of the molecule is C/N=N\N(C(C)F)[C@@H]1C[C@@H](Sc2ccccc2)O[C@H](CO)[C@@H]1O. The van der Waals surface area contributed by atoms with Crippen molar-refractivity contribution in [3.8, 4) is 0 Å². The minimum absolute atomic E-state index is 0.323. The van der Waals surface area contributed by atoms with Crippen LogP contribution in [0, 0.1) is 0 Å². The molecule has 0 aliphatic carbocycles. The molecule has 0 amide bonds. The van der Waals surface area contributed by atoms with E-state index in [1.54, 1.807) is 0 Å². The molecule has 1 aliphatic rings. The Balaban J connectivity index is 2.16. The van der Waals surface area contributed by atoms with Crippen LogP contribution < -0.4 is 0 Å². The fourth-order valence-electron chi connectivity index (χ4n) is 2.56. The summed E-state index contributed by atoms with van der Waals surface area (Å²) in [6.45, 7) is 0.992. The smallest absolute Gasteiger partial charge is 0.186 e. The molecule has 0 aromatic heterocycles. The van der Waals surface area contributed by atoms with E-state index in [9.17, 15) is 14.6 Å². The Morgan fingerprint density at radius 2 is 2.13 bits per heavy atom. The first-order chi connectivity index (χ1) is 11.1. The summed E-state index contributed by atoms with van der Waals surface area (Å²) in [7, 11) is 1.45. The van der Waals surface area contributed by atoms with Crippen molar-refractivity contribution in [2.75, 3.05) is 13.7 Å². The number of alkyl halides is 1. The molecule has 8 heteroatoms. The first kappa shape index (κ1) is 18.1. The summed E-state index contributed by atoms with van der Waals surface area (Å²) in [5.74, 6) is 0. The molecule has 1 saturated heterocycles. The van der Waals surface area contributed by atoms with Crippen molar-refractivity contribution in [2.45, 2.75) is 48.2 Å². The molecule has 1 aliphatic heterocycles. The van der Waals surface area contributed by atoms with Gasteiger partial charge in [-0.25, -0.2) is 9.40 Å². The summed E-state index contributed by atoms with van der Waals surface area (Å²) in [6.07, 6.45) is -2.87. The van der Waals surface area contributed by atoms with Crippen molar-refractivity contribution in [3.05, 3.63) is 30.3 Å². The molecule has 6 nitrogen and oxygen atoms in total. The Labute approximate surface area is 139 Å². The van der Waals surface area contributed by atoms with Gasteiger partial charge in [0.25, 0.3) is 0 Å². The maximum absolute atomic E-state index is 13.8. The number of nitrogens with zero attached hydrogens (tertiary/aromatic N) is 3. The van der Waals surface area contributed by atoms with Crippen molar-refractivity contribution < 1.29 is 19.3 Å². The van der Waals surface area contributed by atoms with Gasteiger partial charge in [-0.05, 0) is 19.1 Å². The Hall–Kier alpha value is -1.22. The van der Waals surface area contributed by atoms with Crippen LogP contribution >= 0.6 is 11.8 Å². The van der Waals surface area contributed by atoms with Crippen molar-refractivity contribution >= 4 is 11.8 Å². The minimum atomic E-state index is -1.40. The average Bonchev–Trinajstić information content (AvgIpc) is 2.55. The molecule has 0 spiro atoms. The van der Waals surface area contributed by atoms with E-state index in [4.69, 9.17) is 4.74 Å². The topological polar surface area (TPSA) is 77.7 Å². The second-order valence-electron chi connectivity index (χ2n) is 5.25. The molecule has 23 heavy (non-hydrogen) atoms. The van der Waals surface area contributed by atoms with Gasteiger partial charge in [0, 0.05) is 11.3 Å². The van der Waals surface area contributed by atoms with E-state index in [0.29, 0.717) is 6.42 Å². The molecule has 1 unspecified atom stereocenters. The zero-order valence-corrected chi connectivity index (χ0v) is 13.9. The molecule has 1 aromatic rings. The van der Waals surface area contributed by atoms with E-state index in [-0.39, 0.29) is 12.0 Å². The lowest BCUT2D eigenvalue weighted by atomic mass is 9.99. The first-order valence-corrected chi connectivity index (χ1v) is 8.33. The number of rotatable bonds is 6. The Kier molecular flexibility index (Phi) is 6.76. The van der Waals surface area contributed by atoms with E-state index in [1.807, 2.05) is 30.3 Å². The number of hydrogen-bond donors (Lipinski definition) is 2. The molecular formula is C15H22FN3O3S. The highest BCUT2D eigenvalue weighted by atomic mass is 32.2. The fraction of sp³-hybridized carbons (Fsp3) is 0.600. The van der Waals surface area contributed by atoms with Gasteiger partial charge in [-0.3, -0.25) is 0 Å². The van der Waals surface area contributed by atoms with E-state index in [1.165, 1.54) is 25.7 Å². The maximum Gasteiger partial charge on any atom is 0.186 e. The van der Waals surface area contributed by atoms with Crippen LogP contribution in [0.5, 0.6) is 0 Å². The largest absolute Gasteiger partial charge is 0.394 e. The fourth-order valence-corrected chi connectivity index (χ4v) is 3.67. The zero-order valence-electron chi connectivity index (χ0n) is 13.1. The van der Waals surface area contributed by atoms with E-state index in [0.717, 1.165) is 9.90 Å². The summed E-state index contributed by atoms with van der Waals surface area (Å²) in [5.41, 5.74) is -0.323. The molecule has 1 heterocycles. The van der Waals surface area contributed by atoms with Crippen LogP contribution in [-0.4, -0.2) is 58.9 Å². The minimum Gasteiger partial charge on any atom is -0.394 e. The van der Waals surface area contributed by atoms with Crippen molar-refractivity contribution in [1.82, 2.24) is 5.01 Å². The van der Waals surface area contributed by atoms with Crippen LogP contribution in [0.4, 0.5) is 4.39 Å². The lowest BCUT2D eigenvalue weighted by Gasteiger charge is -2.42. The monoisotopic (exact) mass is 343 g/mol. The summed E-state index contributed by atoms with van der Waals surface area (Å²) in [4.78, 5) is 1.00. The highest BCUT2D eigenvalue weighted by molar-refractivity contribution is 7.99. The summed E-state index contributed by atoms with van der Waals surface area (Å²) in [6, 6.07) is 9.03. The summed E-state index contributed by atoms with van der Waals surface area (Å²) < 4.78 is 19.6. The Morgan fingerprint density at radius 3 is 2.70 bits per heavy atom. The highest BCUT2D eigenvalue weighted by Gasteiger charge is 2.42. The van der Waals surface area contributed by atoms with Gasteiger partial charge in [-0.15, -0.1) is 0 Å². The maximum atomic E-state index is 13.8. The summed E-state index contributed by atoms with van der Waals surface area (Å²) >= 11 is 1.47. The number of halogens is 1. The lowest BCUT2D eigenvalue weighted by molar-refractivity contribution is -0.156. The van der Waals surface area contributed by atoms with Crippen molar-refractivity contribution in [2.24, 2.45) is 10.3 Å². The summed E-state index contributed by atoms with van der Waals surface area (Å²) in [5, 5.41) is 28.3. The van der Waals surface area contributed by atoms with Gasteiger partial charge in [0.2, 0.25) is 0 Å². The third-order valence-electron chi connectivity index (χ3n) is 3.62. The van der Waals surface area contributed by atoms with Gasteiger partial charge in [0.1, 0.15) is 17.6 Å². The standard InChI is InChI=1S/C15H22FN3O3S/c1-10(16)19(18-17-2)12-8-14(22-13(9-20)15(12)21)23-11-6-4-3-5-7-11/h3-7,10,12-15,20-21H,8-9H2,1-2H3/b18-17-/t10?,12-,13-,14-,15-/m1/s1. The Bertz CT molecular complexity index is 506. The normalized spacial score (nSPS) is 29.6. The zero-order chi connectivity index (χ0) is 16.8. The first-order valence-electron chi connectivity index (χ1n) is 7.45. The number of hydrogen-bond acceptors (Lipinski definition) is 6. The molecule has 2 N–H and O–H groups in total. The van der Waals surface area contributed by atoms with Crippen LogP contribution in [0.25, 0.3) is 0 Å². The second kappa shape index (κ2) is 8.58. The average molecular weight is 343 g/mol. The van der Waals surface area contributed by atoms with Gasteiger partial charge in [-0.1, -0.05) is 35.2 Å². The van der Waals surface area contributed by atoms with E-state index in [2.05, 4.69) is 10.3 Å². The van der Waals surface area contributed by atoms with Crippen LogP contribution in [-0.2, 0) is 4.74 Å². The molecule has 0 saturated carbocycles. The third kappa shape index (κ3) is 4.63. The van der Waals surface area contributed by atoms with Gasteiger partial charge in [0.05, 0.1) is 19.7 Å². The van der Waals surface area contributed by atoms with Gasteiger partial charge in [0.15, 0.2) is 6.30 Å². The van der Waals surface area contributed by atoms with Gasteiger partial charge in [-0.2, -0.15) is 5.11 Å². The predicted octanol–water partition coefficient (Wildman–Crippen LogP) is 2.23. The van der Waals surface area contributed by atoms with Crippen LogP contribution in [0.15, 0.2) is 45.6 Å². The molecule has 0 bridgehead atoms. The molecular weight excluding hydrogens is 321 g/mol. The number of aliphatic hydroxyl groups is 2. The third-order valence-corrected chi connectivity index (χ3v) is 4.73. The van der Waals surface area contributed by atoms with Gasteiger partial charge < -0.3 is 14.9 Å².